The average molecular weight is 542 g/mol. The standard InChI is InChI=1S/C30H31F4N3O2/c1-18-10-13-21(17-24(18)30(32,33)34)35-28(38)23-8-6-16-37(29(39)26-19(2)7-5-9-25(26)31)27(23)20-11-14-22(15-12-20)36(3)4/h5,7,9-15,17,23,27H,6,8,16H2,1-4H3,(H,35,38). The van der Waals surface area contributed by atoms with Crippen molar-refractivity contribution in [3.8, 4) is 0 Å². The van der Waals surface area contributed by atoms with E-state index < -0.39 is 41.3 Å². The van der Waals surface area contributed by atoms with Crippen molar-refractivity contribution in [1.82, 2.24) is 4.90 Å². The Morgan fingerprint density at radius 2 is 1.67 bits per heavy atom. The monoisotopic (exact) mass is 541 g/mol. The number of carbonyl (C=O) groups is 2. The van der Waals surface area contributed by atoms with E-state index in [1.165, 1.54) is 36.1 Å². The molecule has 3 aromatic rings. The summed E-state index contributed by atoms with van der Waals surface area (Å²) in [7, 11) is 3.78. The minimum Gasteiger partial charge on any atom is -0.378 e. The molecule has 0 spiro atoms. The number of amides is 2. The molecule has 0 saturated carbocycles. The third kappa shape index (κ3) is 5.92. The van der Waals surface area contributed by atoms with Gasteiger partial charge in [-0.15, -0.1) is 0 Å². The smallest absolute Gasteiger partial charge is 0.378 e. The topological polar surface area (TPSA) is 52.7 Å². The molecule has 39 heavy (non-hydrogen) atoms. The van der Waals surface area contributed by atoms with Gasteiger partial charge >= 0.3 is 6.18 Å². The van der Waals surface area contributed by atoms with Gasteiger partial charge < -0.3 is 15.1 Å². The fraction of sp³-hybridized carbons (Fsp3) is 0.333. The van der Waals surface area contributed by atoms with E-state index in [2.05, 4.69) is 5.32 Å². The number of hydrogen-bond acceptors (Lipinski definition) is 3. The minimum atomic E-state index is -4.56. The minimum absolute atomic E-state index is 0.0213. The summed E-state index contributed by atoms with van der Waals surface area (Å²) >= 11 is 0. The molecule has 0 aliphatic carbocycles. The number of rotatable bonds is 5. The van der Waals surface area contributed by atoms with Gasteiger partial charge in [0, 0.05) is 32.0 Å². The number of anilines is 2. The van der Waals surface area contributed by atoms with Gasteiger partial charge in [0.15, 0.2) is 0 Å². The van der Waals surface area contributed by atoms with Crippen LogP contribution < -0.4 is 10.2 Å². The van der Waals surface area contributed by atoms with Crippen molar-refractivity contribution < 1.29 is 27.2 Å². The molecule has 206 valence electrons. The van der Waals surface area contributed by atoms with E-state index in [9.17, 15) is 27.2 Å². The molecule has 0 aromatic heterocycles. The highest BCUT2D eigenvalue weighted by Gasteiger charge is 2.41. The number of nitrogens with zero attached hydrogens (tertiary/aromatic N) is 2. The summed E-state index contributed by atoms with van der Waals surface area (Å²) in [6, 6.07) is 14.7. The first-order chi connectivity index (χ1) is 18.4. The van der Waals surface area contributed by atoms with Gasteiger partial charge in [-0.1, -0.05) is 30.3 Å². The molecule has 4 rings (SSSR count). The van der Waals surface area contributed by atoms with Crippen LogP contribution in [0.3, 0.4) is 0 Å². The maximum absolute atomic E-state index is 14.8. The SMILES string of the molecule is Cc1ccc(NC(=O)C2CCCN(C(=O)c3c(C)cccc3F)C2c2ccc(N(C)C)cc2)cc1C(F)(F)F. The number of nitrogens with one attached hydrogen (secondary N) is 1. The van der Waals surface area contributed by atoms with Crippen LogP contribution in [0.2, 0.25) is 0 Å². The molecule has 2 atom stereocenters. The van der Waals surface area contributed by atoms with Crippen molar-refractivity contribution in [1.29, 1.82) is 0 Å². The molecule has 1 aliphatic heterocycles. The van der Waals surface area contributed by atoms with E-state index in [0.717, 1.165) is 11.8 Å². The largest absolute Gasteiger partial charge is 0.416 e. The zero-order chi connectivity index (χ0) is 28.5. The van der Waals surface area contributed by atoms with E-state index in [1.54, 1.807) is 13.0 Å². The number of halogens is 4. The van der Waals surface area contributed by atoms with Crippen molar-refractivity contribution >= 4 is 23.2 Å². The molecule has 1 N–H and O–H groups in total. The molecule has 1 fully saturated rings. The summed E-state index contributed by atoms with van der Waals surface area (Å²) in [5.74, 6) is -2.45. The molecular formula is C30H31F4N3O2. The van der Waals surface area contributed by atoms with E-state index >= 15 is 0 Å². The molecule has 1 saturated heterocycles. The molecule has 0 radical (unpaired) electrons. The highest BCUT2D eigenvalue weighted by molar-refractivity contribution is 5.98. The fourth-order valence-electron chi connectivity index (χ4n) is 5.17. The predicted molar refractivity (Wildman–Crippen MR) is 143 cm³/mol. The highest BCUT2D eigenvalue weighted by atomic mass is 19.4. The lowest BCUT2D eigenvalue weighted by Crippen LogP contribution is -2.46. The van der Waals surface area contributed by atoms with E-state index in [1.807, 2.05) is 43.3 Å². The van der Waals surface area contributed by atoms with Gasteiger partial charge in [0.25, 0.3) is 5.91 Å². The van der Waals surface area contributed by atoms with Crippen LogP contribution in [0.25, 0.3) is 0 Å². The number of benzene rings is 3. The van der Waals surface area contributed by atoms with Crippen molar-refractivity contribution in [2.75, 3.05) is 30.9 Å². The summed E-state index contributed by atoms with van der Waals surface area (Å²) in [6.07, 6.45) is -3.68. The van der Waals surface area contributed by atoms with Crippen LogP contribution in [0.5, 0.6) is 0 Å². The van der Waals surface area contributed by atoms with E-state index in [4.69, 9.17) is 0 Å². The molecule has 1 aliphatic rings. The summed E-state index contributed by atoms with van der Waals surface area (Å²) in [4.78, 5) is 30.8. The molecule has 9 heteroatoms. The molecule has 0 bridgehead atoms. The summed E-state index contributed by atoms with van der Waals surface area (Å²) in [6.45, 7) is 3.32. The Bertz CT molecular complexity index is 1350. The maximum Gasteiger partial charge on any atom is 0.416 e. The van der Waals surface area contributed by atoms with E-state index in [-0.39, 0.29) is 16.8 Å². The Morgan fingerprint density at radius 3 is 2.28 bits per heavy atom. The second-order valence-corrected chi connectivity index (χ2v) is 10.1. The summed E-state index contributed by atoms with van der Waals surface area (Å²) < 4.78 is 55.2. The van der Waals surface area contributed by atoms with Crippen molar-refractivity contribution in [2.24, 2.45) is 5.92 Å². The molecule has 5 nitrogen and oxygen atoms in total. The van der Waals surface area contributed by atoms with E-state index in [0.29, 0.717) is 30.5 Å². The lowest BCUT2D eigenvalue weighted by Gasteiger charge is -2.41. The number of alkyl halides is 3. The average Bonchev–Trinajstić information content (AvgIpc) is 2.88. The Morgan fingerprint density at radius 1 is 0.974 bits per heavy atom. The van der Waals surface area contributed by atoms with Gasteiger partial charge in [-0.05, 0) is 73.7 Å². The van der Waals surface area contributed by atoms with Crippen LogP contribution in [0.1, 0.15) is 51.5 Å². The molecule has 3 aromatic carbocycles. The second kappa shape index (κ2) is 11.1. The lowest BCUT2D eigenvalue weighted by atomic mass is 9.83. The van der Waals surface area contributed by atoms with Crippen LogP contribution in [-0.4, -0.2) is 37.4 Å². The number of likely N-dealkylation sites (tertiary alicyclic amines) is 1. The number of aryl methyl sites for hydroxylation is 2. The van der Waals surface area contributed by atoms with Crippen molar-refractivity contribution in [3.63, 3.8) is 0 Å². The van der Waals surface area contributed by atoms with Crippen LogP contribution in [0, 0.1) is 25.6 Å². The second-order valence-electron chi connectivity index (χ2n) is 10.1. The van der Waals surface area contributed by atoms with Crippen LogP contribution in [-0.2, 0) is 11.0 Å². The van der Waals surface area contributed by atoms with Gasteiger partial charge in [0.2, 0.25) is 5.91 Å². The van der Waals surface area contributed by atoms with Crippen LogP contribution >= 0.6 is 0 Å². The lowest BCUT2D eigenvalue weighted by molar-refractivity contribution is -0.138. The Balaban J connectivity index is 1.73. The van der Waals surface area contributed by atoms with Crippen molar-refractivity contribution in [3.05, 3.63) is 94.3 Å². The molecule has 1 heterocycles. The van der Waals surface area contributed by atoms with Gasteiger partial charge in [-0.3, -0.25) is 9.59 Å². The van der Waals surface area contributed by atoms with Gasteiger partial charge in [0.05, 0.1) is 23.1 Å². The first-order valence-electron chi connectivity index (χ1n) is 12.7. The molecule has 2 unspecified atom stereocenters. The third-order valence-corrected chi connectivity index (χ3v) is 7.23. The summed E-state index contributed by atoms with van der Waals surface area (Å²) in [5, 5.41) is 2.64. The first kappa shape index (κ1) is 28.1. The number of piperidine rings is 1. The Hall–Kier alpha value is -3.88. The van der Waals surface area contributed by atoms with Gasteiger partial charge in [0.1, 0.15) is 5.82 Å². The first-order valence-corrected chi connectivity index (χ1v) is 12.7. The Labute approximate surface area is 225 Å². The van der Waals surface area contributed by atoms with Crippen molar-refractivity contribution in [2.45, 2.75) is 38.9 Å². The van der Waals surface area contributed by atoms with Gasteiger partial charge in [-0.25, -0.2) is 4.39 Å². The van der Waals surface area contributed by atoms with Gasteiger partial charge in [-0.2, -0.15) is 13.2 Å². The summed E-state index contributed by atoms with van der Waals surface area (Å²) in [5.41, 5.74) is 1.27. The quantitative estimate of drug-likeness (QED) is 0.363. The normalized spacial score (nSPS) is 17.6. The zero-order valence-electron chi connectivity index (χ0n) is 22.3. The number of hydrogen-bond donors (Lipinski definition) is 1. The molecular weight excluding hydrogens is 510 g/mol. The Kier molecular flexibility index (Phi) is 7.99. The predicted octanol–water partition coefficient (Wildman–Crippen LogP) is 6.76. The maximum atomic E-state index is 14.8. The zero-order valence-corrected chi connectivity index (χ0v) is 22.3. The molecule has 2 amide bonds. The highest BCUT2D eigenvalue weighted by Crippen LogP contribution is 2.39. The van der Waals surface area contributed by atoms with Crippen LogP contribution in [0.15, 0.2) is 60.7 Å². The van der Waals surface area contributed by atoms with Crippen LogP contribution in [0.4, 0.5) is 28.9 Å². The number of carbonyl (C=O) groups excluding carboxylic acids is 2. The fourth-order valence-corrected chi connectivity index (χ4v) is 5.17. The third-order valence-electron chi connectivity index (χ3n) is 7.23.